The van der Waals surface area contributed by atoms with Crippen LogP contribution in [0.4, 0.5) is 0 Å². The minimum absolute atomic E-state index is 0.346. The SMILES string of the molecule is C=CCOc1ccc(C(=O)N/N=C/c2cc(Br)c(OCC=C)c(Br)c2)cc1OCC. The number of halogens is 2. The molecule has 0 aliphatic carbocycles. The van der Waals surface area contributed by atoms with Gasteiger partial charge >= 0.3 is 0 Å². The number of nitrogens with one attached hydrogen (secondary N) is 1. The lowest BCUT2D eigenvalue weighted by Gasteiger charge is -2.12. The summed E-state index contributed by atoms with van der Waals surface area (Å²) in [5.41, 5.74) is 3.68. The molecule has 0 aliphatic rings. The lowest BCUT2D eigenvalue weighted by molar-refractivity contribution is 0.0954. The fourth-order valence-corrected chi connectivity index (χ4v) is 3.80. The number of benzene rings is 2. The van der Waals surface area contributed by atoms with Gasteiger partial charge in [0.25, 0.3) is 5.91 Å². The molecular formula is C22H22Br2N2O4. The molecule has 2 rings (SSSR count). The molecule has 158 valence electrons. The first-order chi connectivity index (χ1) is 14.5. The Hall–Kier alpha value is -2.58. The topological polar surface area (TPSA) is 69.2 Å². The molecule has 8 heteroatoms. The van der Waals surface area contributed by atoms with Gasteiger partial charge in [-0.3, -0.25) is 4.79 Å². The zero-order chi connectivity index (χ0) is 21.9. The molecule has 2 aromatic rings. The van der Waals surface area contributed by atoms with Crippen molar-refractivity contribution in [3.63, 3.8) is 0 Å². The third-order valence-corrected chi connectivity index (χ3v) is 4.79. The smallest absolute Gasteiger partial charge is 0.271 e. The highest BCUT2D eigenvalue weighted by molar-refractivity contribution is 9.11. The van der Waals surface area contributed by atoms with Crippen LogP contribution in [0.2, 0.25) is 0 Å². The highest BCUT2D eigenvalue weighted by Crippen LogP contribution is 2.34. The van der Waals surface area contributed by atoms with Crippen LogP contribution < -0.4 is 19.6 Å². The molecule has 0 atom stereocenters. The monoisotopic (exact) mass is 536 g/mol. The molecule has 0 bridgehead atoms. The van der Waals surface area contributed by atoms with E-state index in [-0.39, 0.29) is 5.91 Å². The summed E-state index contributed by atoms with van der Waals surface area (Å²) < 4.78 is 18.2. The Morgan fingerprint density at radius 1 is 1.03 bits per heavy atom. The second kappa shape index (κ2) is 12.2. The average molecular weight is 538 g/mol. The zero-order valence-electron chi connectivity index (χ0n) is 16.5. The van der Waals surface area contributed by atoms with Crippen LogP contribution in [0.15, 0.2) is 69.7 Å². The number of carbonyl (C=O) groups excluding carboxylic acids is 1. The highest BCUT2D eigenvalue weighted by Gasteiger charge is 2.12. The van der Waals surface area contributed by atoms with Crippen molar-refractivity contribution in [2.45, 2.75) is 6.92 Å². The van der Waals surface area contributed by atoms with E-state index in [0.29, 0.717) is 42.6 Å². The number of hydrogen-bond donors (Lipinski definition) is 1. The van der Waals surface area contributed by atoms with Gasteiger partial charge in [0, 0.05) is 5.56 Å². The van der Waals surface area contributed by atoms with Gasteiger partial charge < -0.3 is 14.2 Å². The fourth-order valence-electron chi connectivity index (χ4n) is 2.35. The molecule has 0 saturated carbocycles. The number of hydrazone groups is 1. The van der Waals surface area contributed by atoms with Gasteiger partial charge in [-0.2, -0.15) is 5.10 Å². The van der Waals surface area contributed by atoms with E-state index in [2.05, 4.69) is 55.5 Å². The van der Waals surface area contributed by atoms with Crippen molar-refractivity contribution in [1.82, 2.24) is 5.43 Å². The van der Waals surface area contributed by atoms with Crippen LogP contribution in [0.3, 0.4) is 0 Å². The van der Waals surface area contributed by atoms with Crippen molar-refractivity contribution in [2.24, 2.45) is 5.10 Å². The van der Waals surface area contributed by atoms with E-state index >= 15 is 0 Å². The van der Waals surface area contributed by atoms with E-state index in [9.17, 15) is 4.79 Å². The molecule has 6 nitrogen and oxygen atoms in total. The number of ether oxygens (including phenoxy) is 3. The second-order valence-electron chi connectivity index (χ2n) is 5.81. The van der Waals surface area contributed by atoms with E-state index in [4.69, 9.17) is 14.2 Å². The Morgan fingerprint density at radius 2 is 1.70 bits per heavy atom. The molecular weight excluding hydrogens is 516 g/mol. The van der Waals surface area contributed by atoms with Crippen LogP contribution >= 0.6 is 31.9 Å². The Kier molecular flexibility index (Phi) is 9.63. The lowest BCUT2D eigenvalue weighted by atomic mass is 10.2. The predicted molar refractivity (Wildman–Crippen MR) is 126 cm³/mol. The van der Waals surface area contributed by atoms with Crippen LogP contribution in [0, 0.1) is 0 Å². The van der Waals surface area contributed by atoms with Crippen molar-refractivity contribution in [3.05, 3.63) is 75.7 Å². The van der Waals surface area contributed by atoms with Gasteiger partial charge in [0.15, 0.2) is 11.5 Å². The Labute approximate surface area is 192 Å². The molecule has 0 saturated heterocycles. The molecule has 0 radical (unpaired) electrons. The molecule has 0 aliphatic heterocycles. The van der Waals surface area contributed by atoms with Gasteiger partial charge in [-0.15, -0.1) is 0 Å². The molecule has 1 N–H and O–H groups in total. The van der Waals surface area contributed by atoms with Crippen molar-refractivity contribution in [3.8, 4) is 17.2 Å². The largest absolute Gasteiger partial charge is 0.490 e. The molecule has 2 aromatic carbocycles. The van der Waals surface area contributed by atoms with Gasteiger partial charge in [0.1, 0.15) is 19.0 Å². The number of nitrogens with zero attached hydrogens (tertiary/aromatic N) is 1. The van der Waals surface area contributed by atoms with Gasteiger partial charge in [0.05, 0.1) is 21.8 Å². The van der Waals surface area contributed by atoms with Crippen LogP contribution in [0.1, 0.15) is 22.8 Å². The Morgan fingerprint density at radius 3 is 2.33 bits per heavy atom. The number of carbonyl (C=O) groups is 1. The summed E-state index contributed by atoms with van der Waals surface area (Å²) in [6.45, 7) is 10.3. The number of rotatable bonds is 11. The van der Waals surface area contributed by atoms with Crippen molar-refractivity contribution in [1.29, 1.82) is 0 Å². The quantitative estimate of drug-likeness (QED) is 0.233. The van der Waals surface area contributed by atoms with E-state index in [1.54, 1.807) is 30.4 Å². The van der Waals surface area contributed by atoms with E-state index in [1.165, 1.54) is 6.21 Å². The van der Waals surface area contributed by atoms with Gasteiger partial charge in [-0.05, 0) is 74.7 Å². The van der Waals surface area contributed by atoms with Gasteiger partial charge in [0.2, 0.25) is 0 Å². The molecule has 30 heavy (non-hydrogen) atoms. The summed E-state index contributed by atoms with van der Waals surface area (Å²) in [5.74, 6) is 1.33. The average Bonchev–Trinajstić information content (AvgIpc) is 2.72. The summed E-state index contributed by atoms with van der Waals surface area (Å²) in [5, 5.41) is 4.03. The first-order valence-corrected chi connectivity index (χ1v) is 10.6. The van der Waals surface area contributed by atoms with E-state index in [0.717, 1.165) is 14.5 Å². The third kappa shape index (κ3) is 6.74. The molecule has 0 heterocycles. The highest BCUT2D eigenvalue weighted by atomic mass is 79.9. The summed E-state index contributed by atoms with van der Waals surface area (Å²) in [4.78, 5) is 12.4. The summed E-state index contributed by atoms with van der Waals surface area (Å²) >= 11 is 6.93. The van der Waals surface area contributed by atoms with Crippen LogP contribution in [0.25, 0.3) is 0 Å². The van der Waals surface area contributed by atoms with Crippen LogP contribution in [-0.2, 0) is 0 Å². The summed E-state index contributed by atoms with van der Waals surface area (Å²) in [7, 11) is 0. The first-order valence-electron chi connectivity index (χ1n) is 9.06. The molecule has 0 unspecified atom stereocenters. The first kappa shape index (κ1) is 23.7. The Bertz CT molecular complexity index is 922. The zero-order valence-corrected chi connectivity index (χ0v) is 19.7. The van der Waals surface area contributed by atoms with E-state index < -0.39 is 0 Å². The lowest BCUT2D eigenvalue weighted by Crippen LogP contribution is -2.17. The third-order valence-electron chi connectivity index (χ3n) is 3.61. The van der Waals surface area contributed by atoms with Gasteiger partial charge in [-0.1, -0.05) is 25.3 Å². The van der Waals surface area contributed by atoms with Gasteiger partial charge in [-0.25, -0.2) is 5.43 Å². The maximum Gasteiger partial charge on any atom is 0.271 e. The van der Waals surface area contributed by atoms with Crippen LogP contribution in [0.5, 0.6) is 17.2 Å². The second-order valence-corrected chi connectivity index (χ2v) is 7.52. The minimum Gasteiger partial charge on any atom is -0.490 e. The Balaban J connectivity index is 2.09. The molecule has 0 fully saturated rings. The molecule has 0 aromatic heterocycles. The summed E-state index contributed by atoms with van der Waals surface area (Å²) in [6, 6.07) is 8.61. The molecule has 1 amide bonds. The van der Waals surface area contributed by atoms with Crippen molar-refractivity contribution >= 4 is 44.0 Å². The van der Waals surface area contributed by atoms with E-state index in [1.807, 2.05) is 19.1 Å². The normalized spacial score (nSPS) is 10.5. The summed E-state index contributed by atoms with van der Waals surface area (Å²) in [6.07, 6.45) is 4.84. The van der Waals surface area contributed by atoms with Crippen molar-refractivity contribution in [2.75, 3.05) is 19.8 Å². The fraction of sp³-hybridized carbons (Fsp3) is 0.182. The minimum atomic E-state index is -0.369. The standard InChI is InChI=1S/C22H22Br2N2O4/c1-4-9-29-19-8-7-16(13-20(19)28-6-3)22(27)26-25-14-15-11-17(23)21(18(24)12-15)30-10-5-2/h4-5,7-8,11-14H,1-2,6,9-10H2,3H3,(H,26,27)/b25-14+. The van der Waals surface area contributed by atoms with Crippen LogP contribution in [-0.4, -0.2) is 31.9 Å². The maximum absolute atomic E-state index is 12.4. The number of amides is 1. The molecule has 0 spiro atoms. The predicted octanol–water partition coefficient (Wildman–Crippen LogP) is 5.50. The number of hydrogen-bond acceptors (Lipinski definition) is 5. The maximum atomic E-state index is 12.4. The van der Waals surface area contributed by atoms with Crippen molar-refractivity contribution < 1.29 is 19.0 Å².